The van der Waals surface area contributed by atoms with E-state index in [1.807, 2.05) is 0 Å². The van der Waals surface area contributed by atoms with Gasteiger partial charge in [0, 0.05) is 12.1 Å². The predicted octanol–water partition coefficient (Wildman–Crippen LogP) is 2.18. The Balaban J connectivity index is 1.67. The van der Waals surface area contributed by atoms with E-state index in [9.17, 15) is 18.0 Å². The van der Waals surface area contributed by atoms with E-state index in [0.29, 0.717) is 19.0 Å². The summed E-state index contributed by atoms with van der Waals surface area (Å²) in [7, 11) is 0. The van der Waals surface area contributed by atoms with E-state index in [-0.39, 0.29) is 23.8 Å². The zero-order valence-electron chi connectivity index (χ0n) is 12.2. The van der Waals surface area contributed by atoms with Gasteiger partial charge in [0.05, 0.1) is 13.2 Å². The van der Waals surface area contributed by atoms with Gasteiger partial charge < -0.3 is 18.9 Å². The molecule has 0 bridgehead atoms. The third-order valence-electron chi connectivity index (χ3n) is 3.35. The van der Waals surface area contributed by atoms with Gasteiger partial charge in [-0.15, -0.1) is 13.2 Å². The molecule has 1 atom stereocenters. The number of ether oxygens (including phenoxy) is 2. The Morgan fingerprint density at radius 2 is 2.04 bits per heavy atom. The van der Waals surface area contributed by atoms with E-state index in [1.165, 1.54) is 23.4 Å². The van der Waals surface area contributed by atoms with E-state index in [0.717, 1.165) is 12.1 Å². The zero-order chi connectivity index (χ0) is 17.2. The summed E-state index contributed by atoms with van der Waals surface area (Å²) in [5.74, 6) is -0.377. The van der Waals surface area contributed by atoms with E-state index >= 15 is 0 Å². The van der Waals surface area contributed by atoms with Gasteiger partial charge in [0.25, 0.3) is 5.91 Å². The van der Waals surface area contributed by atoms with Crippen molar-refractivity contribution in [2.75, 3.05) is 19.7 Å². The summed E-state index contributed by atoms with van der Waals surface area (Å²) in [6.07, 6.45) is -4.11. The van der Waals surface area contributed by atoms with Crippen molar-refractivity contribution in [1.82, 2.24) is 15.0 Å². The Morgan fingerprint density at radius 3 is 2.67 bits per heavy atom. The van der Waals surface area contributed by atoms with Gasteiger partial charge in [-0.2, -0.15) is 4.98 Å². The lowest BCUT2D eigenvalue weighted by Crippen LogP contribution is -2.42. The molecule has 1 unspecified atom stereocenters. The lowest BCUT2D eigenvalue weighted by molar-refractivity contribution is -0.274. The van der Waals surface area contributed by atoms with Gasteiger partial charge >= 0.3 is 6.36 Å². The molecule has 2 heterocycles. The van der Waals surface area contributed by atoms with Gasteiger partial charge in [0.2, 0.25) is 12.2 Å². The molecule has 2 aromatic rings. The van der Waals surface area contributed by atoms with Crippen molar-refractivity contribution in [2.45, 2.75) is 12.5 Å². The first-order valence-electron chi connectivity index (χ1n) is 6.95. The molecule has 1 fully saturated rings. The van der Waals surface area contributed by atoms with Crippen molar-refractivity contribution < 1.29 is 32.0 Å². The van der Waals surface area contributed by atoms with Gasteiger partial charge in [-0.25, -0.2) is 0 Å². The highest BCUT2D eigenvalue weighted by molar-refractivity contribution is 5.94. The van der Waals surface area contributed by atoms with Crippen LogP contribution in [0.5, 0.6) is 5.75 Å². The smallest absolute Gasteiger partial charge is 0.406 e. The molecule has 24 heavy (non-hydrogen) atoms. The largest absolute Gasteiger partial charge is 0.573 e. The summed E-state index contributed by atoms with van der Waals surface area (Å²) in [5.41, 5.74) is 0.248. The van der Waals surface area contributed by atoms with Crippen LogP contribution in [0.3, 0.4) is 0 Å². The predicted molar refractivity (Wildman–Crippen MR) is 72.0 cm³/mol. The van der Waals surface area contributed by atoms with Gasteiger partial charge in [-0.1, -0.05) is 5.16 Å². The van der Waals surface area contributed by atoms with Crippen LogP contribution >= 0.6 is 0 Å². The molecule has 0 N–H and O–H groups in total. The fraction of sp³-hybridized carbons (Fsp3) is 0.357. The van der Waals surface area contributed by atoms with E-state index in [2.05, 4.69) is 19.4 Å². The van der Waals surface area contributed by atoms with Crippen LogP contribution in [0.1, 0.15) is 22.3 Å². The lowest BCUT2D eigenvalue weighted by Gasteiger charge is -2.31. The number of carbonyl (C=O) groups excluding carboxylic acids is 1. The molecule has 1 aromatic carbocycles. The average Bonchev–Trinajstić information content (AvgIpc) is 3.08. The Morgan fingerprint density at radius 1 is 1.29 bits per heavy atom. The van der Waals surface area contributed by atoms with Crippen LogP contribution in [-0.4, -0.2) is 47.0 Å². The van der Waals surface area contributed by atoms with Crippen molar-refractivity contribution >= 4 is 5.91 Å². The summed E-state index contributed by atoms with van der Waals surface area (Å²) >= 11 is 0. The molecular formula is C14H12F3N3O4. The molecule has 1 saturated heterocycles. The molecule has 0 aliphatic carbocycles. The quantitative estimate of drug-likeness (QED) is 0.850. The zero-order valence-corrected chi connectivity index (χ0v) is 12.2. The van der Waals surface area contributed by atoms with Crippen LogP contribution in [0.25, 0.3) is 0 Å². The number of halogens is 3. The minimum Gasteiger partial charge on any atom is -0.406 e. The highest BCUT2D eigenvalue weighted by Gasteiger charge is 2.31. The Kier molecular flexibility index (Phi) is 4.38. The Bertz CT molecular complexity index is 688. The molecule has 3 rings (SSSR count). The first kappa shape index (κ1) is 16.2. The number of nitrogens with zero attached hydrogens (tertiary/aromatic N) is 3. The number of aromatic nitrogens is 2. The van der Waals surface area contributed by atoms with E-state index in [4.69, 9.17) is 4.74 Å². The SMILES string of the molecule is O=C(c1ccc(OC(F)(F)F)cc1)N1CCOC(c2ncon2)C1. The van der Waals surface area contributed by atoms with Gasteiger partial charge in [0.1, 0.15) is 11.9 Å². The molecule has 1 aromatic heterocycles. The van der Waals surface area contributed by atoms with Gasteiger partial charge in [-0.05, 0) is 24.3 Å². The summed E-state index contributed by atoms with van der Waals surface area (Å²) in [6.45, 7) is 0.868. The number of rotatable bonds is 3. The van der Waals surface area contributed by atoms with Crippen LogP contribution in [0, 0.1) is 0 Å². The van der Waals surface area contributed by atoms with Crippen LogP contribution in [0.4, 0.5) is 13.2 Å². The maximum Gasteiger partial charge on any atom is 0.573 e. The number of hydrogen-bond donors (Lipinski definition) is 0. The molecule has 10 heteroatoms. The molecule has 128 valence electrons. The second kappa shape index (κ2) is 6.48. The minimum atomic E-state index is -4.77. The topological polar surface area (TPSA) is 77.7 Å². The third-order valence-corrected chi connectivity index (χ3v) is 3.35. The van der Waals surface area contributed by atoms with Crippen molar-refractivity contribution in [3.63, 3.8) is 0 Å². The third kappa shape index (κ3) is 3.82. The fourth-order valence-corrected chi connectivity index (χ4v) is 2.29. The molecule has 7 nitrogen and oxygen atoms in total. The van der Waals surface area contributed by atoms with Crippen molar-refractivity contribution in [3.05, 3.63) is 42.0 Å². The van der Waals surface area contributed by atoms with Gasteiger partial charge in [-0.3, -0.25) is 4.79 Å². The monoisotopic (exact) mass is 343 g/mol. The van der Waals surface area contributed by atoms with Crippen molar-refractivity contribution in [1.29, 1.82) is 0 Å². The fourth-order valence-electron chi connectivity index (χ4n) is 2.29. The summed E-state index contributed by atoms with van der Waals surface area (Å²) < 4.78 is 50.3. The van der Waals surface area contributed by atoms with Crippen LogP contribution in [-0.2, 0) is 4.74 Å². The first-order chi connectivity index (χ1) is 11.4. The van der Waals surface area contributed by atoms with Crippen molar-refractivity contribution in [3.8, 4) is 5.75 Å². The molecular weight excluding hydrogens is 331 g/mol. The molecule has 0 spiro atoms. The first-order valence-corrected chi connectivity index (χ1v) is 6.95. The summed E-state index contributed by atoms with van der Waals surface area (Å²) in [6, 6.07) is 4.75. The number of carbonyl (C=O) groups is 1. The average molecular weight is 343 g/mol. The maximum absolute atomic E-state index is 12.5. The standard InChI is InChI=1S/C14H12F3N3O4/c15-14(16,17)24-10-3-1-9(2-4-10)13(21)20-5-6-22-11(7-20)12-18-8-23-19-12/h1-4,8,11H,5-7H2. The molecule has 0 saturated carbocycles. The van der Waals surface area contributed by atoms with Crippen LogP contribution in [0.2, 0.25) is 0 Å². The lowest BCUT2D eigenvalue weighted by atomic mass is 10.1. The Labute approximate surface area is 134 Å². The van der Waals surface area contributed by atoms with Crippen molar-refractivity contribution in [2.24, 2.45) is 0 Å². The number of hydrogen-bond acceptors (Lipinski definition) is 6. The van der Waals surface area contributed by atoms with E-state index < -0.39 is 12.5 Å². The molecule has 1 amide bonds. The highest BCUT2D eigenvalue weighted by Crippen LogP contribution is 2.24. The number of benzene rings is 1. The summed E-state index contributed by atoms with van der Waals surface area (Å²) in [4.78, 5) is 17.9. The molecule has 0 radical (unpaired) electrons. The summed E-state index contributed by atoms with van der Waals surface area (Å²) in [5, 5.41) is 3.68. The normalized spacial score (nSPS) is 18.5. The van der Waals surface area contributed by atoms with Crippen LogP contribution in [0.15, 0.2) is 35.2 Å². The number of morpholine rings is 1. The second-order valence-corrected chi connectivity index (χ2v) is 4.97. The highest BCUT2D eigenvalue weighted by atomic mass is 19.4. The van der Waals surface area contributed by atoms with Crippen LogP contribution < -0.4 is 4.74 Å². The van der Waals surface area contributed by atoms with Gasteiger partial charge in [0.15, 0.2) is 0 Å². The molecule has 1 aliphatic heterocycles. The minimum absolute atomic E-state index is 0.221. The Hall–Kier alpha value is -2.62. The number of amides is 1. The second-order valence-electron chi connectivity index (χ2n) is 4.97. The molecule has 1 aliphatic rings. The number of alkyl halides is 3. The van der Waals surface area contributed by atoms with E-state index in [1.54, 1.807) is 0 Å². The maximum atomic E-state index is 12.5.